The molecule has 2 heterocycles. The molecule has 1 N–H and O–H groups in total. The summed E-state index contributed by atoms with van der Waals surface area (Å²) in [7, 11) is -1.16. The number of nitrogens with zero attached hydrogens (tertiary/aromatic N) is 2. The van der Waals surface area contributed by atoms with E-state index < -0.39 is 22.0 Å². The first-order chi connectivity index (χ1) is 16.8. The number of ether oxygens (including phenoxy) is 2. The quantitative estimate of drug-likeness (QED) is 0.625. The fourth-order valence-electron chi connectivity index (χ4n) is 4.60. The third-order valence-electron chi connectivity index (χ3n) is 6.51. The minimum Gasteiger partial charge on any atom is -0.497 e. The first-order valence-corrected chi connectivity index (χ1v) is 13.2. The van der Waals surface area contributed by atoms with Gasteiger partial charge in [0.2, 0.25) is 15.9 Å². The van der Waals surface area contributed by atoms with Crippen LogP contribution in [0.2, 0.25) is 0 Å². The number of benzene rings is 2. The molecule has 0 unspecified atom stereocenters. The molecular weight excluding hydrogens is 470 g/mol. The van der Waals surface area contributed by atoms with Crippen molar-refractivity contribution in [2.24, 2.45) is 0 Å². The zero-order valence-electron chi connectivity index (χ0n) is 20.0. The first-order valence-electron chi connectivity index (χ1n) is 11.8. The fraction of sp³-hybridized carbons (Fsp3) is 0.440. The number of hydrogen-bond donors (Lipinski definition) is 1. The smallest absolute Gasteiger partial charge is 0.253 e. The van der Waals surface area contributed by atoms with Gasteiger partial charge in [-0.15, -0.1) is 0 Å². The van der Waals surface area contributed by atoms with Gasteiger partial charge in [-0.25, -0.2) is 8.42 Å². The van der Waals surface area contributed by atoms with Crippen molar-refractivity contribution in [1.29, 1.82) is 0 Å². The zero-order valence-corrected chi connectivity index (χ0v) is 20.8. The van der Waals surface area contributed by atoms with Crippen LogP contribution in [0.1, 0.15) is 42.5 Å². The summed E-state index contributed by atoms with van der Waals surface area (Å²) in [6, 6.07) is 10.4. The third-order valence-corrected chi connectivity index (χ3v) is 8.44. The molecule has 0 saturated carbocycles. The third kappa shape index (κ3) is 5.28. The average Bonchev–Trinajstić information content (AvgIpc) is 3.40. The van der Waals surface area contributed by atoms with Gasteiger partial charge < -0.3 is 19.7 Å². The van der Waals surface area contributed by atoms with E-state index in [1.54, 1.807) is 30.3 Å². The van der Waals surface area contributed by atoms with Crippen LogP contribution in [-0.2, 0) is 14.8 Å². The summed E-state index contributed by atoms with van der Waals surface area (Å²) in [6.45, 7) is 1.76. The lowest BCUT2D eigenvalue weighted by molar-refractivity contribution is -0.119. The molecule has 2 aromatic rings. The number of carbonyl (C=O) groups excluding carboxylic acids is 2. The molecule has 2 amide bonds. The number of piperidine rings is 1. The van der Waals surface area contributed by atoms with Crippen molar-refractivity contribution in [3.8, 4) is 11.5 Å². The van der Waals surface area contributed by atoms with E-state index in [0.717, 1.165) is 32.4 Å². The molecule has 35 heavy (non-hydrogen) atoms. The molecule has 0 aliphatic carbocycles. The van der Waals surface area contributed by atoms with Crippen LogP contribution in [0.3, 0.4) is 0 Å². The summed E-state index contributed by atoms with van der Waals surface area (Å²) in [5.41, 5.74) is 1.08. The van der Waals surface area contributed by atoms with Crippen LogP contribution >= 0.6 is 0 Å². The molecule has 2 saturated heterocycles. The highest BCUT2D eigenvalue weighted by atomic mass is 32.2. The Hall–Kier alpha value is -3.11. The average molecular weight is 502 g/mol. The summed E-state index contributed by atoms with van der Waals surface area (Å²) in [5, 5.41) is 2.81. The lowest BCUT2D eigenvalue weighted by atomic mass is 10.1. The molecule has 2 fully saturated rings. The molecular formula is C25H31N3O6S. The van der Waals surface area contributed by atoms with E-state index in [-0.39, 0.29) is 23.1 Å². The number of sulfonamides is 1. The zero-order chi connectivity index (χ0) is 25.0. The van der Waals surface area contributed by atoms with Crippen molar-refractivity contribution in [2.45, 2.75) is 43.0 Å². The Kier molecular flexibility index (Phi) is 7.61. The van der Waals surface area contributed by atoms with Gasteiger partial charge in [-0.1, -0.05) is 0 Å². The molecule has 2 aromatic carbocycles. The van der Waals surface area contributed by atoms with Crippen LogP contribution in [0.4, 0.5) is 5.69 Å². The van der Waals surface area contributed by atoms with Crippen molar-refractivity contribution in [3.05, 3.63) is 48.0 Å². The number of hydrogen-bond acceptors (Lipinski definition) is 6. The molecule has 0 radical (unpaired) electrons. The minimum atomic E-state index is -4.01. The molecule has 4 rings (SSSR count). The molecule has 2 aliphatic heterocycles. The van der Waals surface area contributed by atoms with Crippen LogP contribution in [0.15, 0.2) is 47.4 Å². The maximum atomic E-state index is 13.5. The summed E-state index contributed by atoms with van der Waals surface area (Å²) in [5.74, 6) is 0.139. The number of rotatable bonds is 7. The van der Waals surface area contributed by atoms with E-state index in [2.05, 4.69) is 5.32 Å². The Morgan fingerprint density at radius 3 is 2.29 bits per heavy atom. The lowest BCUT2D eigenvalue weighted by Gasteiger charge is -2.27. The number of methoxy groups -OCH3 is 2. The Morgan fingerprint density at radius 2 is 1.63 bits per heavy atom. The van der Waals surface area contributed by atoms with Crippen LogP contribution in [-0.4, -0.2) is 69.3 Å². The summed E-state index contributed by atoms with van der Waals surface area (Å²) < 4.78 is 38.6. The van der Waals surface area contributed by atoms with Crippen molar-refractivity contribution >= 4 is 27.5 Å². The van der Waals surface area contributed by atoms with E-state index in [1.807, 2.05) is 4.90 Å². The van der Waals surface area contributed by atoms with Crippen LogP contribution in [0.5, 0.6) is 11.5 Å². The fourth-order valence-corrected chi connectivity index (χ4v) is 6.43. The standard InChI is InChI=1S/C25H31N3O6S/c1-33-20-12-13-22(34-2)23(17-20)35(31,32)28-16-6-7-21(28)24(29)26-19-10-8-18(9-11-19)25(30)27-14-4-3-5-15-27/h8-13,17,21H,3-7,14-16H2,1-2H3,(H,26,29)/t21-/m1/s1. The summed E-state index contributed by atoms with van der Waals surface area (Å²) in [6.07, 6.45) is 4.15. The van der Waals surface area contributed by atoms with Gasteiger partial charge in [-0.2, -0.15) is 4.31 Å². The lowest BCUT2D eigenvalue weighted by Crippen LogP contribution is -2.43. The van der Waals surface area contributed by atoms with Gasteiger partial charge in [-0.05, 0) is 68.5 Å². The van der Waals surface area contributed by atoms with Gasteiger partial charge in [0.05, 0.1) is 14.2 Å². The molecule has 10 heteroatoms. The van der Waals surface area contributed by atoms with E-state index >= 15 is 0 Å². The SMILES string of the molecule is COc1ccc(OC)c(S(=O)(=O)N2CCC[C@@H]2C(=O)Nc2ccc(C(=O)N3CCCCC3)cc2)c1. The van der Waals surface area contributed by atoms with Crippen molar-refractivity contribution in [3.63, 3.8) is 0 Å². The molecule has 0 spiro atoms. The van der Waals surface area contributed by atoms with Crippen molar-refractivity contribution < 1.29 is 27.5 Å². The topological polar surface area (TPSA) is 105 Å². The first kappa shape index (κ1) is 25.0. The second-order valence-corrected chi connectivity index (χ2v) is 10.6. The molecule has 1 atom stereocenters. The highest BCUT2D eigenvalue weighted by molar-refractivity contribution is 7.89. The number of likely N-dealkylation sites (tertiary alicyclic amines) is 1. The Bertz CT molecular complexity index is 1180. The van der Waals surface area contributed by atoms with E-state index in [1.165, 1.54) is 30.7 Å². The molecule has 9 nitrogen and oxygen atoms in total. The molecule has 0 bridgehead atoms. The second kappa shape index (κ2) is 10.7. The largest absolute Gasteiger partial charge is 0.497 e. The summed E-state index contributed by atoms with van der Waals surface area (Å²) in [4.78, 5) is 27.6. The van der Waals surface area contributed by atoms with E-state index in [4.69, 9.17) is 9.47 Å². The van der Waals surface area contributed by atoms with Crippen molar-refractivity contribution in [2.75, 3.05) is 39.2 Å². The Labute approximate surface area is 206 Å². The predicted octanol–water partition coefficient (Wildman–Crippen LogP) is 3.12. The van der Waals surface area contributed by atoms with Gasteiger partial charge >= 0.3 is 0 Å². The highest BCUT2D eigenvalue weighted by Gasteiger charge is 2.41. The number of nitrogens with one attached hydrogen (secondary N) is 1. The monoisotopic (exact) mass is 501 g/mol. The second-order valence-electron chi connectivity index (χ2n) is 8.71. The maximum Gasteiger partial charge on any atom is 0.253 e. The number of amides is 2. The van der Waals surface area contributed by atoms with Crippen molar-refractivity contribution in [1.82, 2.24) is 9.21 Å². The molecule has 0 aromatic heterocycles. The van der Waals surface area contributed by atoms with Gasteiger partial charge in [0, 0.05) is 37.0 Å². The molecule has 188 valence electrons. The number of carbonyl (C=O) groups is 2. The van der Waals surface area contributed by atoms with Crippen LogP contribution in [0.25, 0.3) is 0 Å². The molecule has 2 aliphatic rings. The van der Waals surface area contributed by atoms with E-state index in [0.29, 0.717) is 29.8 Å². The summed E-state index contributed by atoms with van der Waals surface area (Å²) >= 11 is 0. The van der Waals surface area contributed by atoms with Crippen LogP contribution in [0, 0.1) is 0 Å². The maximum absolute atomic E-state index is 13.5. The van der Waals surface area contributed by atoms with Crippen LogP contribution < -0.4 is 14.8 Å². The minimum absolute atomic E-state index is 0.0112. The van der Waals surface area contributed by atoms with Gasteiger partial charge in [0.25, 0.3) is 5.91 Å². The predicted molar refractivity (Wildman–Crippen MR) is 131 cm³/mol. The van der Waals surface area contributed by atoms with Gasteiger partial charge in [-0.3, -0.25) is 9.59 Å². The number of anilines is 1. The highest BCUT2D eigenvalue weighted by Crippen LogP contribution is 2.34. The van der Waals surface area contributed by atoms with E-state index in [9.17, 15) is 18.0 Å². The Balaban J connectivity index is 1.48. The normalized spacial score (nSPS) is 18.8. The Morgan fingerprint density at radius 1 is 0.914 bits per heavy atom. The van der Waals surface area contributed by atoms with Gasteiger partial charge in [0.1, 0.15) is 22.4 Å². The van der Waals surface area contributed by atoms with Gasteiger partial charge in [0.15, 0.2) is 0 Å².